The molecular weight excluding hydrogens is 208 g/mol. The highest BCUT2D eigenvalue weighted by molar-refractivity contribution is 6.08. The maximum Gasteiger partial charge on any atom is 0.0707 e. The molecule has 0 N–H and O–H groups in total. The highest BCUT2D eigenvalue weighted by Crippen LogP contribution is 2.30. The number of fused-ring (bicyclic) bond motifs is 3. The Morgan fingerprint density at radius 2 is 1.88 bits per heavy atom. The molecule has 0 aliphatic carbocycles. The fourth-order valence-corrected chi connectivity index (χ4v) is 2.75. The Morgan fingerprint density at radius 3 is 2.65 bits per heavy atom. The fourth-order valence-electron chi connectivity index (χ4n) is 2.75. The van der Waals surface area contributed by atoms with Crippen molar-refractivity contribution in [2.24, 2.45) is 0 Å². The van der Waals surface area contributed by atoms with Gasteiger partial charge in [-0.15, -0.1) is 0 Å². The zero-order valence-electron chi connectivity index (χ0n) is 10.5. The molecule has 3 aromatic rings. The Morgan fingerprint density at radius 1 is 1.12 bits per heavy atom. The van der Waals surface area contributed by atoms with Crippen LogP contribution < -0.4 is 0 Å². The van der Waals surface area contributed by atoms with Crippen molar-refractivity contribution in [1.29, 1.82) is 0 Å². The van der Waals surface area contributed by atoms with E-state index in [0.29, 0.717) is 0 Å². The predicted molar refractivity (Wildman–Crippen MR) is 72.4 cm³/mol. The van der Waals surface area contributed by atoms with E-state index < -0.39 is 0 Å². The number of hydrogen-bond acceptors (Lipinski definition) is 1. The third-order valence-corrected chi connectivity index (χ3v) is 3.37. The van der Waals surface area contributed by atoms with Crippen LogP contribution >= 0.6 is 0 Å². The van der Waals surface area contributed by atoms with Crippen LogP contribution in [-0.2, 0) is 6.54 Å². The lowest BCUT2D eigenvalue weighted by Gasteiger charge is -2.05. The molecule has 17 heavy (non-hydrogen) atoms. The Balaban J connectivity index is 2.63. The van der Waals surface area contributed by atoms with Crippen LogP contribution in [0.5, 0.6) is 0 Å². The van der Waals surface area contributed by atoms with E-state index >= 15 is 0 Å². The zero-order chi connectivity index (χ0) is 12.0. The Bertz CT molecular complexity index is 708. The van der Waals surface area contributed by atoms with E-state index in [0.717, 1.165) is 17.9 Å². The molecule has 2 aromatic heterocycles. The van der Waals surface area contributed by atoms with Gasteiger partial charge in [-0.2, -0.15) is 0 Å². The summed E-state index contributed by atoms with van der Waals surface area (Å²) >= 11 is 0. The van der Waals surface area contributed by atoms with Gasteiger partial charge in [0.1, 0.15) is 0 Å². The van der Waals surface area contributed by atoms with Crippen molar-refractivity contribution < 1.29 is 0 Å². The standard InChI is InChI=1S/C15H16N2/c1-4-17-14-8-6-5-7-12(14)13-9-10(2)16-11(3)15(13)17/h5-9H,4H2,1-3H3. The lowest BCUT2D eigenvalue weighted by molar-refractivity contribution is 0.821. The van der Waals surface area contributed by atoms with Crippen molar-refractivity contribution in [3.05, 3.63) is 41.7 Å². The summed E-state index contributed by atoms with van der Waals surface area (Å²) < 4.78 is 2.35. The number of rotatable bonds is 1. The average molecular weight is 224 g/mol. The Hall–Kier alpha value is -1.83. The van der Waals surface area contributed by atoms with Gasteiger partial charge in [-0.05, 0) is 32.9 Å². The van der Waals surface area contributed by atoms with Crippen molar-refractivity contribution >= 4 is 21.8 Å². The lowest BCUT2D eigenvalue weighted by Crippen LogP contribution is -1.96. The molecule has 86 valence electrons. The van der Waals surface area contributed by atoms with E-state index in [1.165, 1.54) is 21.8 Å². The molecule has 2 heterocycles. The first-order valence-electron chi connectivity index (χ1n) is 6.07. The van der Waals surface area contributed by atoms with Crippen LogP contribution in [0.15, 0.2) is 30.3 Å². The van der Waals surface area contributed by atoms with Gasteiger partial charge >= 0.3 is 0 Å². The third kappa shape index (κ3) is 1.37. The van der Waals surface area contributed by atoms with Crippen molar-refractivity contribution in [1.82, 2.24) is 9.55 Å². The number of aromatic nitrogens is 2. The van der Waals surface area contributed by atoms with Gasteiger partial charge in [0.15, 0.2) is 0 Å². The molecule has 0 unspecified atom stereocenters. The molecule has 1 aromatic carbocycles. The van der Waals surface area contributed by atoms with E-state index in [4.69, 9.17) is 0 Å². The fraction of sp³-hybridized carbons (Fsp3) is 0.267. The predicted octanol–water partition coefficient (Wildman–Crippen LogP) is 3.83. The topological polar surface area (TPSA) is 17.8 Å². The second-order valence-electron chi connectivity index (χ2n) is 4.51. The molecule has 0 aliphatic rings. The molecule has 0 spiro atoms. The van der Waals surface area contributed by atoms with Crippen LogP contribution in [0, 0.1) is 13.8 Å². The number of benzene rings is 1. The zero-order valence-corrected chi connectivity index (χ0v) is 10.5. The van der Waals surface area contributed by atoms with Crippen LogP contribution in [0.4, 0.5) is 0 Å². The number of para-hydroxylation sites is 1. The van der Waals surface area contributed by atoms with Gasteiger partial charge in [-0.3, -0.25) is 4.98 Å². The SMILES string of the molecule is CCn1c2ccccc2c2cc(C)nc(C)c21. The molecule has 0 saturated carbocycles. The second-order valence-corrected chi connectivity index (χ2v) is 4.51. The van der Waals surface area contributed by atoms with Gasteiger partial charge in [0.25, 0.3) is 0 Å². The van der Waals surface area contributed by atoms with E-state index in [9.17, 15) is 0 Å². The normalized spacial score (nSPS) is 11.5. The van der Waals surface area contributed by atoms with Crippen LogP contribution in [0.2, 0.25) is 0 Å². The summed E-state index contributed by atoms with van der Waals surface area (Å²) in [6.45, 7) is 7.33. The maximum atomic E-state index is 4.58. The number of aryl methyl sites for hydroxylation is 3. The van der Waals surface area contributed by atoms with Gasteiger partial charge in [-0.1, -0.05) is 18.2 Å². The van der Waals surface area contributed by atoms with E-state index in [-0.39, 0.29) is 0 Å². The monoisotopic (exact) mass is 224 g/mol. The molecular formula is C15H16N2. The van der Waals surface area contributed by atoms with Crippen molar-refractivity contribution in [3.8, 4) is 0 Å². The first kappa shape index (κ1) is 10.3. The molecule has 2 nitrogen and oxygen atoms in total. The van der Waals surface area contributed by atoms with Crippen LogP contribution in [0.25, 0.3) is 21.8 Å². The van der Waals surface area contributed by atoms with Crippen LogP contribution in [0.1, 0.15) is 18.3 Å². The number of hydrogen-bond donors (Lipinski definition) is 0. The molecule has 0 bridgehead atoms. The Kier molecular flexibility index (Phi) is 2.18. The van der Waals surface area contributed by atoms with E-state index in [1.807, 2.05) is 0 Å². The average Bonchev–Trinajstić information content (AvgIpc) is 2.63. The van der Waals surface area contributed by atoms with Gasteiger partial charge in [0.05, 0.1) is 11.2 Å². The highest BCUT2D eigenvalue weighted by Gasteiger charge is 2.11. The van der Waals surface area contributed by atoms with Crippen molar-refractivity contribution in [3.63, 3.8) is 0 Å². The minimum absolute atomic E-state index is 0.982. The quantitative estimate of drug-likeness (QED) is 0.614. The molecule has 0 amide bonds. The molecule has 2 heteroatoms. The van der Waals surface area contributed by atoms with E-state index in [2.05, 4.69) is 60.7 Å². The number of pyridine rings is 1. The van der Waals surface area contributed by atoms with Gasteiger partial charge < -0.3 is 4.57 Å². The minimum Gasteiger partial charge on any atom is -0.339 e. The summed E-state index contributed by atoms with van der Waals surface area (Å²) in [7, 11) is 0. The second kappa shape index (κ2) is 3.59. The van der Waals surface area contributed by atoms with E-state index in [1.54, 1.807) is 0 Å². The maximum absolute atomic E-state index is 4.58. The first-order valence-corrected chi connectivity index (χ1v) is 6.07. The molecule has 0 saturated heterocycles. The summed E-state index contributed by atoms with van der Waals surface area (Å²) in [6, 6.07) is 10.8. The van der Waals surface area contributed by atoms with Crippen LogP contribution in [0.3, 0.4) is 0 Å². The summed E-state index contributed by atoms with van der Waals surface area (Å²) in [6.07, 6.45) is 0. The van der Waals surface area contributed by atoms with Crippen molar-refractivity contribution in [2.45, 2.75) is 27.3 Å². The summed E-state index contributed by atoms with van der Waals surface area (Å²) in [5, 5.41) is 2.66. The summed E-state index contributed by atoms with van der Waals surface area (Å²) in [5.41, 5.74) is 4.80. The first-order chi connectivity index (χ1) is 8.22. The summed E-state index contributed by atoms with van der Waals surface area (Å²) in [5.74, 6) is 0. The molecule has 0 fully saturated rings. The third-order valence-electron chi connectivity index (χ3n) is 3.37. The Labute approximate surface area is 101 Å². The molecule has 0 atom stereocenters. The minimum atomic E-state index is 0.982. The van der Waals surface area contributed by atoms with Gasteiger partial charge in [0, 0.05) is 28.5 Å². The largest absolute Gasteiger partial charge is 0.339 e. The van der Waals surface area contributed by atoms with Gasteiger partial charge in [-0.25, -0.2) is 0 Å². The van der Waals surface area contributed by atoms with Crippen molar-refractivity contribution in [2.75, 3.05) is 0 Å². The summed E-state index contributed by atoms with van der Waals surface area (Å²) in [4.78, 5) is 4.58. The number of nitrogens with zero attached hydrogens (tertiary/aromatic N) is 2. The van der Waals surface area contributed by atoms with Gasteiger partial charge in [0.2, 0.25) is 0 Å². The van der Waals surface area contributed by atoms with Crippen LogP contribution in [-0.4, -0.2) is 9.55 Å². The molecule has 0 aliphatic heterocycles. The smallest absolute Gasteiger partial charge is 0.0707 e. The lowest BCUT2D eigenvalue weighted by atomic mass is 10.1. The molecule has 0 radical (unpaired) electrons. The molecule has 3 rings (SSSR count). The highest BCUT2D eigenvalue weighted by atomic mass is 15.0.